The third-order valence-corrected chi connectivity index (χ3v) is 7.08. The monoisotopic (exact) mass is 323 g/mol. The lowest BCUT2D eigenvalue weighted by Gasteiger charge is -2.34. The van der Waals surface area contributed by atoms with Crippen molar-refractivity contribution in [3.63, 3.8) is 0 Å². The summed E-state index contributed by atoms with van der Waals surface area (Å²) in [6, 6.07) is 10.1. The van der Waals surface area contributed by atoms with Crippen molar-refractivity contribution in [2.24, 2.45) is 5.92 Å². The largest absolute Gasteiger partial charge is 0.536 e. The number of nitrogens with zero attached hydrogens (tertiary/aromatic N) is 1. The van der Waals surface area contributed by atoms with Crippen LogP contribution in [-0.4, -0.2) is 54.2 Å². The van der Waals surface area contributed by atoms with Crippen molar-refractivity contribution in [1.82, 2.24) is 4.90 Å². The van der Waals surface area contributed by atoms with Crippen LogP contribution in [0.15, 0.2) is 30.3 Å². The van der Waals surface area contributed by atoms with Gasteiger partial charge in [0.25, 0.3) is 0 Å². The molecular weight excluding hydrogens is 294 g/mol. The minimum Gasteiger partial charge on any atom is -0.373 e. The fourth-order valence-electron chi connectivity index (χ4n) is 3.08. The van der Waals surface area contributed by atoms with Gasteiger partial charge in [-0.2, -0.15) is 0 Å². The predicted octanol–water partition coefficient (Wildman–Crippen LogP) is 2.26. The summed E-state index contributed by atoms with van der Waals surface area (Å²) < 4.78 is 17.6. The van der Waals surface area contributed by atoms with Gasteiger partial charge in [0.2, 0.25) is 0 Å². The van der Waals surface area contributed by atoms with Crippen LogP contribution in [0.25, 0.3) is 0 Å². The fraction of sp³-hybridized carbons (Fsp3) is 0.647. The molecular formula is C17H29NO3Si. The fourth-order valence-corrected chi connectivity index (χ4v) is 5.18. The number of hydrogen-bond acceptors (Lipinski definition) is 4. The summed E-state index contributed by atoms with van der Waals surface area (Å²) in [7, 11) is 0.625. The molecule has 124 valence electrons. The van der Waals surface area contributed by atoms with E-state index in [0.717, 1.165) is 11.8 Å². The first-order valence-electron chi connectivity index (χ1n) is 8.26. The molecule has 2 rings (SSSR count). The zero-order valence-corrected chi connectivity index (χ0v) is 15.1. The zero-order chi connectivity index (χ0) is 15.8. The highest BCUT2D eigenvalue weighted by Crippen LogP contribution is 2.20. The Labute approximate surface area is 135 Å². The van der Waals surface area contributed by atoms with Gasteiger partial charge in [-0.05, 0) is 44.8 Å². The summed E-state index contributed by atoms with van der Waals surface area (Å²) in [5.41, 5.74) is 0. The second-order valence-electron chi connectivity index (χ2n) is 5.93. The van der Waals surface area contributed by atoms with Gasteiger partial charge in [0.1, 0.15) is 0 Å². The molecule has 0 aliphatic carbocycles. The van der Waals surface area contributed by atoms with Gasteiger partial charge in [-0.3, -0.25) is 0 Å². The Kier molecular flexibility index (Phi) is 7.04. The minimum absolute atomic E-state index is 0.606. The predicted molar refractivity (Wildman–Crippen MR) is 91.3 cm³/mol. The smallest absolute Gasteiger partial charge is 0.373 e. The third-order valence-electron chi connectivity index (χ3n) is 4.42. The van der Waals surface area contributed by atoms with Crippen molar-refractivity contribution in [3.05, 3.63) is 30.3 Å². The van der Waals surface area contributed by atoms with Crippen molar-refractivity contribution >= 4 is 14.0 Å². The van der Waals surface area contributed by atoms with E-state index in [2.05, 4.69) is 11.8 Å². The molecule has 1 aliphatic rings. The number of piperidine rings is 1. The van der Waals surface area contributed by atoms with E-state index < -0.39 is 8.80 Å². The second kappa shape index (κ2) is 8.79. The van der Waals surface area contributed by atoms with Crippen LogP contribution in [0.4, 0.5) is 0 Å². The molecule has 1 aromatic carbocycles. The normalized spacial score (nSPS) is 17.8. The van der Waals surface area contributed by atoms with Crippen molar-refractivity contribution in [2.75, 3.05) is 40.5 Å². The summed E-state index contributed by atoms with van der Waals surface area (Å²) in [5.74, 6) is 0.606. The Balaban J connectivity index is 1.90. The Morgan fingerprint density at radius 2 is 1.73 bits per heavy atom. The van der Waals surface area contributed by atoms with Gasteiger partial charge in [-0.1, -0.05) is 37.3 Å². The van der Waals surface area contributed by atoms with Crippen LogP contribution in [-0.2, 0) is 13.3 Å². The summed E-state index contributed by atoms with van der Waals surface area (Å²) in [6.07, 6.45) is 3.64. The third kappa shape index (κ3) is 4.40. The molecule has 0 amide bonds. The highest BCUT2D eigenvalue weighted by molar-refractivity contribution is 6.75. The van der Waals surface area contributed by atoms with Gasteiger partial charge < -0.3 is 18.2 Å². The average molecular weight is 324 g/mol. The van der Waals surface area contributed by atoms with E-state index in [-0.39, 0.29) is 0 Å². The van der Waals surface area contributed by atoms with Gasteiger partial charge >= 0.3 is 8.80 Å². The topological polar surface area (TPSA) is 30.9 Å². The van der Waals surface area contributed by atoms with Crippen LogP contribution >= 0.6 is 0 Å². The van der Waals surface area contributed by atoms with E-state index in [1.807, 2.05) is 30.3 Å². The lowest BCUT2D eigenvalue weighted by atomic mass is 9.98. The molecule has 0 spiro atoms. The average Bonchev–Trinajstić information content (AvgIpc) is 2.59. The van der Waals surface area contributed by atoms with Gasteiger partial charge in [0.05, 0.1) is 0 Å². The van der Waals surface area contributed by atoms with Gasteiger partial charge in [-0.25, -0.2) is 0 Å². The SMILES string of the molecule is CCCN1CCC(CO[Si](OC)(OC)c2ccccc2)CC1. The second-order valence-corrected chi connectivity index (χ2v) is 8.72. The first kappa shape index (κ1) is 17.6. The maximum atomic E-state index is 6.22. The summed E-state index contributed by atoms with van der Waals surface area (Å²) in [5, 5.41) is 1.03. The highest BCUT2D eigenvalue weighted by atomic mass is 28.4. The van der Waals surface area contributed by atoms with Gasteiger partial charge in [-0.15, -0.1) is 0 Å². The van der Waals surface area contributed by atoms with Crippen molar-refractivity contribution in [1.29, 1.82) is 0 Å². The molecule has 0 unspecified atom stereocenters. The van der Waals surface area contributed by atoms with Crippen LogP contribution in [0, 0.1) is 5.92 Å². The molecule has 0 N–H and O–H groups in total. The van der Waals surface area contributed by atoms with Gasteiger partial charge in [0.15, 0.2) is 0 Å². The molecule has 4 nitrogen and oxygen atoms in total. The number of benzene rings is 1. The summed E-state index contributed by atoms with van der Waals surface area (Å²) in [6.45, 7) is 6.55. The molecule has 0 saturated carbocycles. The van der Waals surface area contributed by atoms with E-state index >= 15 is 0 Å². The standard InChI is InChI=1S/C17H29NO3Si/c1-4-12-18-13-10-16(11-14-18)15-21-22(19-2,20-3)17-8-6-5-7-9-17/h5-9,16H,4,10-15H2,1-3H3. The Morgan fingerprint density at radius 1 is 1.09 bits per heavy atom. The molecule has 0 atom stereocenters. The number of likely N-dealkylation sites (tertiary alicyclic amines) is 1. The van der Waals surface area contributed by atoms with E-state index in [9.17, 15) is 0 Å². The van der Waals surface area contributed by atoms with Crippen molar-refractivity contribution in [2.45, 2.75) is 26.2 Å². The Morgan fingerprint density at radius 3 is 2.27 bits per heavy atom. The molecule has 0 aromatic heterocycles. The molecule has 5 heteroatoms. The Hall–Kier alpha value is -0.723. The van der Waals surface area contributed by atoms with Crippen molar-refractivity contribution in [3.8, 4) is 0 Å². The molecule has 0 bridgehead atoms. The molecule has 1 heterocycles. The van der Waals surface area contributed by atoms with Crippen LogP contribution in [0.5, 0.6) is 0 Å². The highest BCUT2D eigenvalue weighted by Gasteiger charge is 2.42. The van der Waals surface area contributed by atoms with Crippen LogP contribution in [0.2, 0.25) is 0 Å². The van der Waals surface area contributed by atoms with E-state index in [1.54, 1.807) is 14.2 Å². The lowest BCUT2D eigenvalue weighted by Crippen LogP contribution is -2.56. The van der Waals surface area contributed by atoms with Crippen LogP contribution < -0.4 is 5.19 Å². The van der Waals surface area contributed by atoms with Crippen LogP contribution in [0.1, 0.15) is 26.2 Å². The Bertz CT molecular complexity index is 417. The molecule has 1 fully saturated rings. The summed E-state index contributed by atoms with van der Waals surface area (Å²) >= 11 is 0. The zero-order valence-electron chi connectivity index (χ0n) is 14.1. The maximum Gasteiger partial charge on any atom is 0.536 e. The number of rotatable bonds is 8. The van der Waals surface area contributed by atoms with Gasteiger partial charge in [0, 0.05) is 26.0 Å². The molecule has 1 saturated heterocycles. The van der Waals surface area contributed by atoms with Crippen molar-refractivity contribution < 1.29 is 13.3 Å². The van der Waals surface area contributed by atoms with E-state index in [0.29, 0.717) is 5.92 Å². The molecule has 22 heavy (non-hydrogen) atoms. The maximum absolute atomic E-state index is 6.22. The van der Waals surface area contributed by atoms with Crippen LogP contribution in [0.3, 0.4) is 0 Å². The van der Waals surface area contributed by atoms with E-state index in [1.165, 1.54) is 38.9 Å². The summed E-state index contributed by atoms with van der Waals surface area (Å²) in [4.78, 5) is 2.55. The minimum atomic E-state index is -2.75. The molecule has 1 aromatic rings. The first-order valence-corrected chi connectivity index (χ1v) is 9.98. The lowest BCUT2D eigenvalue weighted by molar-refractivity contribution is 0.0743. The number of hydrogen-bond donors (Lipinski definition) is 0. The molecule has 0 radical (unpaired) electrons. The first-order chi connectivity index (χ1) is 10.7. The van der Waals surface area contributed by atoms with E-state index in [4.69, 9.17) is 13.3 Å². The quantitative estimate of drug-likeness (QED) is 0.687. The molecule has 1 aliphatic heterocycles.